The number of nitrogens with zero attached hydrogens (tertiary/aromatic N) is 2. The third kappa shape index (κ3) is 4.03. The van der Waals surface area contributed by atoms with E-state index in [4.69, 9.17) is 14.4 Å². The molecule has 55 heavy (non-hydrogen) atoms. The van der Waals surface area contributed by atoms with Gasteiger partial charge in [-0.25, -0.2) is 9.97 Å². The second-order valence-electron chi connectivity index (χ2n) is 14.4. The van der Waals surface area contributed by atoms with E-state index in [0.717, 1.165) is 39.0 Å². The lowest BCUT2D eigenvalue weighted by Crippen LogP contribution is -1.96. The summed E-state index contributed by atoms with van der Waals surface area (Å²) in [4.78, 5) is 11.1. The van der Waals surface area contributed by atoms with Crippen molar-refractivity contribution in [3.05, 3.63) is 158 Å². The van der Waals surface area contributed by atoms with Crippen LogP contribution in [0.3, 0.4) is 0 Å². The van der Waals surface area contributed by atoms with Gasteiger partial charge in [0.1, 0.15) is 16.8 Å². The summed E-state index contributed by atoms with van der Waals surface area (Å²) in [6.45, 7) is 0. The first-order valence-corrected chi connectivity index (χ1v) is 20.1. The summed E-state index contributed by atoms with van der Waals surface area (Å²) in [5.74, 6) is 0. The molecule has 0 aliphatic heterocycles. The predicted molar refractivity (Wildman–Crippen MR) is 236 cm³/mol. The summed E-state index contributed by atoms with van der Waals surface area (Å²) < 4.78 is 11.5. The summed E-state index contributed by atoms with van der Waals surface area (Å²) in [6.07, 6.45) is 0. The number of benzene rings is 9. The average Bonchev–Trinajstić information content (AvgIpc) is 3.94. The first kappa shape index (κ1) is 29.8. The molecule has 0 fully saturated rings. The zero-order valence-electron chi connectivity index (χ0n) is 29.1. The Morgan fingerprint density at radius 2 is 1.05 bits per heavy atom. The van der Waals surface area contributed by atoms with Crippen molar-refractivity contribution in [2.24, 2.45) is 0 Å². The number of hydrogen-bond donors (Lipinski definition) is 0. The number of para-hydroxylation sites is 1. The monoisotopic (exact) mass is 734 g/mol. The van der Waals surface area contributed by atoms with Crippen molar-refractivity contribution in [3.63, 3.8) is 0 Å². The zero-order chi connectivity index (χ0) is 35.8. The fraction of sp³-hybridized carbons (Fsp3) is 0. The van der Waals surface area contributed by atoms with Crippen LogP contribution in [0.1, 0.15) is 0 Å². The highest BCUT2D eigenvalue weighted by Gasteiger charge is 2.26. The minimum Gasteiger partial charge on any atom is -0.436 e. The molecule has 0 radical (unpaired) electrons. The van der Waals surface area contributed by atoms with Gasteiger partial charge in [-0.15, -0.1) is 22.7 Å². The van der Waals surface area contributed by atoms with E-state index in [1.54, 1.807) is 0 Å². The largest absolute Gasteiger partial charge is 0.436 e. The van der Waals surface area contributed by atoms with Gasteiger partial charge in [-0.2, -0.15) is 0 Å². The minimum absolute atomic E-state index is 0.548. The molecule has 0 aliphatic carbocycles. The molecule has 254 valence electrons. The highest BCUT2D eigenvalue weighted by Crippen LogP contribution is 2.52. The molecule has 0 aliphatic rings. The van der Waals surface area contributed by atoms with Crippen molar-refractivity contribution >= 4 is 128 Å². The number of hydrogen-bond acceptors (Lipinski definition) is 5. The fourth-order valence-corrected chi connectivity index (χ4v) is 11.7. The van der Waals surface area contributed by atoms with E-state index in [2.05, 4.69) is 140 Å². The van der Waals surface area contributed by atoms with Gasteiger partial charge in [0.05, 0.1) is 5.69 Å². The third-order valence-corrected chi connectivity index (χ3v) is 13.9. The fourth-order valence-electron chi connectivity index (χ4n) is 9.07. The number of furan rings is 1. The van der Waals surface area contributed by atoms with Crippen molar-refractivity contribution in [2.75, 3.05) is 0 Å². The van der Waals surface area contributed by atoms with Crippen LogP contribution in [0, 0.1) is 0 Å². The highest BCUT2D eigenvalue weighted by atomic mass is 32.1. The molecule has 0 saturated heterocycles. The third-order valence-electron chi connectivity index (χ3n) is 11.4. The second-order valence-corrected chi connectivity index (χ2v) is 16.4. The SMILES string of the molecule is c1ccc2c(c1)ccc1c2sc2c3c(-c4nc5c(nc4-c4cccc6c4sc4ccccc46)oc4ccccc45)cc4ccccc4c3c3ccccc3c12. The van der Waals surface area contributed by atoms with Gasteiger partial charge in [-0.3, -0.25) is 0 Å². The second kappa shape index (κ2) is 11.0. The number of rotatable bonds is 2. The Morgan fingerprint density at radius 1 is 0.382 bits per heavy atom. The summed E-state index contributed by atoms with van der Waals surface area (Å²) >= 11 is 3.72. The molecule has 3 nitrogen and oxygen atoms in total. The Labute approximate surface area is 321 Å². The van der Waals surface area contributed by atoms with Gasteiger partial charge >= 0.3 is 0 Å². The van der Waals surface area contributed by atoms with Crippen LogP contribution in [0.4, 0.5) is 0 Å². The maximum absolute atomic E-state index is 6.47. The van der Waals surface area contributed by atoms with E-state index in [-0.39, 0.29) is 0 Å². The Kier molecular flexibility index (Phi) is 5.93. The summed E-state index contributed by atoms with van der Waals surface area (Å²) in [5.41, 5.74) is 5.93. The first-order chi connectivity index (χ1) is 27.3. The van der Waals surface area contributed by atoms with E-state index in [1.165, 1.54) is 83.4 Å². The van der Waals surface area contributed by atoms with Gasteiger partial charge in [0.15, 0.2) is 0 Å². The minimum atomic E-state index is 0.548. The van der Waals surface area contributed by atoms with E-state index in [1.807, 2.05) is 40.9 Å². The molecule has 13 rings (SSSR count). The van der Waals surface area contributed by atoms with E-state index < -0.39 is 0 Å². The standard InChI is InChI=1S/C50H26N2OS2/c1-4-15-30-27(12-1)24-25-36-42-33-18-6-5-17-32(33)41-29-14-3-2-13-28(29)26-38(43(41)49(42)55-47(30)36)45-44(52-50-46(51-45)35-19-7-9-22-39(35)53-50)37-21-11-20-34-31-16-8-10-23-40(31)54-48(34)37/h1-26H. The summed E-state index contributed by atoms with van der Waals surface area (Å²) in [7, 11) is 0. The van der Waals surface area contributed by atoms with E-state index >= 15 is 0 Å². The maximum atomic E-state index is 6.47. The number of thiophene rings is 2. The van der Waals surface area contributed by atoms with Crippen LogP contribution in [0.25, 0.3) is 128 Å². The van der Waals surface area contributed by atoms with Gasteiger partial charge in [0.2, 0.25) is 5.71 Å². The van der Waals surface area contributed by atoms with Crippen molar-refractivity contribution in [2.45, 2.75) is 0 Å². The van der Waals surface area contributed by atoms with Gasteiger partial charge in [0, 0.05) is 62.2 Å². The lowest BCUT2D eigenvalue weighted by atomic mass is 9.88. The Balaban J connectivity index is 1.28. The Morgan fingerprint density at radius 3 is 1.93 bits per heavy atom. The first-order valence-electron chi connectivity index (χ1n) is 18.5. The van der Waals surface area contributed by atoms with Crippen LogP contribution in [0.5, 0.6) is 0 Å². The molecule has 0 N–H and O–H groups in total. The van der Waals surface area contributed by atoms with Crippen LogP contribution in [-0.2, 0) is 0 Å². The maximum Gasteiger partial charge on any atom is 0.246 e. The Hall–Kier alpha value is -6.66. The topological polar surface area (TPSA) is 38.9 Å². The smallest absolute Gasteiger partial charge is 0.246 e. The van der Waals surface area contributed by atoms with Crippen LogP contribution in [0.15, 0.2) is 162 Å². The summed E-state index contributed by atoms with van der Waals surface area (Å²) in [6, 6.07) is 56.9. The van der Waals surface area contributed by atoms with Crippen LogP contribution in [0.2, 0.25) is 0 Å². The number of fused-ring (bicyclic) bond motifs is 18. The molecule has 4 heterocycles. The van der Waals surface area contributed by atoms with Gasteiger partial charge in [-0.1, -0.05) is 133 Å². The van der Waals surface area contributed by atoms with E-state index in [9.17, 15) is 0 Å². The van der Waals surface area contributed by atoms with E-state index in [0.29, 0.717) is 5.71 Å². The zero-order valence-corrected chi connectivity index (χ0v) is 30.8. The number of aromatic nitrogens is 2. The molecule has 4 aromatic heterocycles. The predicted octanol–water partition coefficient (Wildman–Crippen LogP) is 15.1. The van der Waals surface area contributed by atoms with Gasteiger partial charge < -0.3 is 4.42 Å². The van der Waals surface area contributed by atoms with Crippen LogP contribution < -0.4 is 0 Å². The van der Waals surface area contributed by atoms with Crippen molar-refractivity contribution in [3.8, 4) is 22.5 Å². The Bertz CT molecular complexity index is 3790. The molecule has 0 spiro atoms. The van der Waals surface area contributed by atoms with Crippen LogP contribution >= 0.6 is 22.7 Å². The molecule has 0 saturated carbocycles. The molecule has 0 unspecified atom stereocenters. The average molecular weight is 735 g/mol. The van der Waals surface area contributed by atoms with Crippen molar-refractivity contribution < 1.29 is 4.42 Å². The van der Waals surface area contributed by atoms with Gasteiger partial charge in [0.25, 0.3) is 0 Å². The quantitative estimate of drug-likeness (QED) is 0.166. The van der Waals surface area contributed by atoms with Crippen molar-refractivity contribution in [1.29, 1.82) is 0 Å². The normalized spacial score (nSPS) is 12.4. The van der Waals surface area contributed by atoms with Gasteiger partial charge in [-0.05, 0) is 62.0 Å². The molecule has 5 heteroatoms. The van der Waals surface area contributed by atoms with Crippen LogP contribution in [-0.4, -0.2) is 9.97 Å². The lowest BCUT2D eigenvalue weighted by molar-refractivity contribution is 0.653. The molecule has 9 aromatic carbocycles. The van der Waals surface area contributed by atoms with Crippen molar-refractivity contribution in [1.82, 2.24) is 9.97 Å². The molecule has 0 amide bonds. The molecule has 0 atom stereocenters. The highest BCUT2D eigenvalue weighted by molar-refractivity contribution is 7.28. The molecule has 0 bridgehead atoms. The molecular formula is C50H26N2OS2. The lowest BCUT2D eigenvalue weighted by Gasteiger charge is -2.17. The summed E-state index contributed by atoms with van der Waals surface area (Å²) in [5, 5.41) is 15.9. The molecular weight excluding hydrogens is 709 g/mol. The molecule has 13 aromatic rings.